The number of nitrogens with zero attached hydrogens (tertiary/aromatic N) is 1. The molecule has 0 aliphatic carbocycles. The molecule has 2 aromatic carbocycles. The highest BCUT2D eigenvalue weighted by molar-refractivity contribution is 6.45. The molecule has 3 aromatic rings. The second-order valence-corrected chi connectivity index (χ2v) is 8.25. The summed E-state index contributed by atoms with van der Waals surface area (Å²) in [6.07, 6.45) is 0. The van der Waals surface area contributed by atoms with Gasteiger partial charge in [-0.25, -0.2) is 4.98 Å². The van der Waals surface area contributed by atoms with Crippen molar-refractivity contribution in [3.63, 3.8) is 0 Å². The molecule has 0 spiro atoms. The fourth-order valence-corrected chi connectivity index (χ4v) is 3.49. The number of carbonyl (C=O) groups is 2. The Labute approximate surface area is 201 Å². The maximum atomic E-state index is 12.5. The average molecular weight is 524 g/mol. The van der Waals surface area contributed by atoms with Crippen molar-refractivity contribution in [3.8, 4) is 0 Å². The van der Waals surface area contributed by atoms with Crippen LogP contribution in [0, 0.1) is 0 Å². The SMILES string of the molecule is O=C(Nc1cc(Cl)c(Cl)cc1Cl)c1cccc(C(=O)Nc2cc(Cl)c(Cl)cc2Cl)n1. The normalized spacial score (nSPS) is 10.6. The summed E-state index contributed by atoms with van der Waals surface area (Å²) in [5.41, 5.74) is 0.445. The molecule has 3 rings (SSSR count). The number of hydrogen-bond acceptors (Lipinski definition) is 3. The van der Waals surface area contributed by atoms with Gasteiger partial charge in [-0.05, 0) is 36.4 Å². The Morgan fingerprint density at radius 3 is 1.37 bits per heavy atom. The van der Waals surface area contributed by atoms with E-state index in [1.54, 1.807) is 0 Å². The predicted octanol–water partition coefficient (Wildman–Crippen LogP) is 7.51. The van der Waals surface area contributed by atoms with Gasteiger partial charge >= 0.3 is 0 Å². The molecule has 0 aliphatic rings. The summed E-state index contributed by atoms with van der Waals surface area (Å²) < 4.78 is 0. The van der Waals surface area contributed by atoms with Crippen molar-refractivity contribution >= 4 is 92.8 Å². The van der Waals surface area contributed by atoms with Crippen molar-refractivity contribution < 1.29 is 9.59 Å². The lowest BCUT2D eigenvalue weighted by Crippen LogP contribution is -2.18. The number of nitrogens with one attached hydrogen (secondary N) is 2. The number of amides is 2. The van der Waals surface area contributed by atoms with E-state index < -0.39 is 11.8 Å². The molecule has 0 unspecified atom stereocenters. The minimum absolute atomic E-state index is 0.0231. The fourth-order valence-electron chi connectivity index (χ4n) is 2.30. The second kappa shape index (κ2) is 9.60. The highest BCUT2D eigenvalue weighted by atomic mass is 35.5. The van der Waals surface area contributed by atoms with Gasteiger partial charge in [0.15, 0.2) is 0 Å². The highest BCUT2D eigenvalue weighted by Crippen LogP contribution is 2.33. The summed E-state index contributed by atoms with van der Waals surface area (Å²) in [6.45, 7) is 0. The van der Waals surface area contributed by atoms with Crippen molar-refractivity contribution in [1.82, 2.24) is 4.98 Å². The summed E-state index contributed by atoms with van der Waals surface area (Å²) in [4.78, 5) is 29.2. The number of benzene rings is 2. The number of anilines is 2. The Kier molecular flexibility index (Phi) is 7.34. The van der Waals surface area contributed by atoms with E-state index >= 15 is 0 Å². The van der Waals surface area contributed by atoms with Crippen LogP contribution in [0.2, 0.25) is 30.1 Å². The molecule has 1 aromatic heterocycles. The summed E-state index contributed by atoms with van der Waals surface area (Å²) in [7, 11) is 0. The first-order valence-corrected chi connectivity index (χ1v) is 10.3. The number of halogens is 6. The van der Waals surface area contributed by atoms with Crippen LogP contribution in [0.4, 0.5) is 11.4 Å². The smallest absolute Gasteiger partial charge is 0.274 e. The molecule has 30 heavy (non-hydrogen) atoms. The van der Waals surface area contributed by atoms with Crippen LogP contribution in [-0.2, 0) is 0 Å². The summed E-state index contributed by atoms with van der Waals surface area (Å²) in [6, 6.07) is 10.00. The molecule has 0 bridgehead atoms. The summed E-state index contributed by atoms with van der Waals surface area (Å²) >= 11 is 35.8. The third-order valence-corrected chi connectivity index (χ3v) is 5.80. The van der Waals surface area contributed by atoms with Gasteiger partial charge in [-0.3, -0.25) is 9.59 Å². The maximum absolute atomic E-state index is 12.5. The van der Waals surface area contributed by atoms with Crippen LogP contribution in [0.25, 0.3) is 0 Å². The van der Waals surface area contributed by atoms with Crippen LogP contribution in [0.3, 0.4) is 0 Å². The molecule has 2 amide bonds. The Bertz CT molecular complexity index is 1080. The van der Waals surface area contributed by atoms with E-state index in [4.69, 9.17) is 69.6 Å². The number of carbonyl (C=O) groups excluding carboxylic acids is 2. The number of pyridine rings is 1. The lowest BCUT2D eigenvalue weighted by molar-refractivity contribution is 0.101. The van der Waals surface area contributed by atoms with E-state index in [0.717, 1.165) is 0 Å². The van der Waals surface area contributed by atoms with Crippen molar-refractivity contribution in [1.29, 1.82) is 0 Å². The monoisotopic (exact) mass is 521 g/mol. The quantitative estimate of drug-likeness (QED) is 0.348. The molecule has 11 heteroatoms. The highest BCUT2D eigenvalue weighted by Gasteiger charge is 2.16. The number of rotatable bonds is 4. The molecule has 0 aliphatic heterocycles. The van der Waals surface area contributed by atoms with E-state index in [9.17, 15) is 9.59 Å². The average Bonchev–Trinajstić information content (AvgIpc) is 2.70. The van der Waals surface area contributed by atoms with Crippen molar-refractivity contribution in [2.45, 2.75) is 0 Å². The first kappa shape index (κ1) is 22.9. The zero-order valence-corrected chi connectivity index (χ0v) is 19.1. The first-order valence-electron chi connectivity index (χ1n) is 8.04. The van der Waals surface area contributed by atoms with Gasteiger partial charge in [-0.2, -0.15) is 0 Å². The Morgan fingerprint density at radius 1 is 0.600 bits per heavy atom. The fraction of sp³-hybridized carbons (Fsp3) is 0. The first-order chi connectivity index (χ1) is 14.2. The molecular weight excluding hydrogens is 515 g/mol. The Balaban J connectivity index is 1.80. The van der Waals surface area contributed by atoms with Gasteiger partial charge in [0.2, 0.25) is 0 Å². The molecule has 5 nitrogen and oxygen atoms in total. The molecular formula is C19H9Cl6N3O2. The van der Waals surface area contributed by atoms with Crippen molar-refractivity contribution in [2.75, 3.05) is 10.6 Å². The standard InChI is InChI=1S/C19H9Cl6N3O2/c20-8-4-12(24)16(6-10(8)22)27-18(29)14-2-1-3-15(26-14)19(30)28-17-7-11(23)9(21)5-13(17)25/h1-7H,(H,27,29)(H,28,30). The van der Waals surface area contributed by atoms with Gasteiger partial charge in [0, 0.05) is 0 Å². The van der Waals surface area contributed by atoms with Crippen LogP contribution in [0.15, 0.2) is 42.5 Å². The topological polar surface area (TPSA) is 71.1 Å². The Hall–Kier alpha value is -1.73. The van der Waals surface area contributed by atoms with Gasteiger partial charge in [0.1, 0.15) is 11.4 Å². The van der Waals surface area contributed by atoms with E-state index in [-0.39, 0.29) is 52.9 Å². The zero-order valence-electron chi connectivity index (χ0n) is 14.6. The predicted molar refractivity (Wildman–Crippen MR) is 123 cm³/mol. The molecule has 0 radical (unpaired) electrons. The lowest BCUT2D eigenvalue weighted by atomic mass is 10.2. The number of hydrogen-bond donors (Lipinski definition) is 2. The van der Waals surface area contributed by atoms with E-state index in [2.05, 4.69) is 15.6 Å². The van der Waals surface area contributed by atoms with Crippen LogP contribution < -0.4 is 10.6 Å². The molecule has 0 saturated heterocycles. The molecule has 154 valence electrons. The van der Waals surface area contributed by atoms with E-state index in [1.165, 1.54) is 42.5 Å². The van der Waals surface area contributed by atoms with Crippen LogP contribution in [-0.4, -0.2) is 16.8 Å². The molecule has 0 atom stereocenters. The van der Waals surface area contributed by atoms with E-state index in [0.29, 0.717) is 0 Å². The molecule has 0 saturated carbocycles. The van der Waals surface area contributed by atoms with Gasteiger partial charge < -0.3 is 10.6 Å². The minimum Gasteiger partial charge on any atom is -0.319 e. The van der Waals surface area contributed by atoms with Crippen LogP contribution in [0.5, 0.6) is 0 Å². The van der Waals surface area contributed by atoms with Crippen molar-refractivity contribution in [3.05, 3.63) is 84.0 Å². The van der Waals surface area contributed by atoms with Crippen LogP contribution >= 0.6 is 69.6 Å². The third-order valence-electron chi connectivity index (χ3n) is 3.73. The minimum atomic E-state index is -0.600. The summed E-state index contributed by atoms with van der Waals surface area (Å²) in [5.74, 6) is -1.20. The zero-order chi connectivity index (χ0) is 22.0. The van der Waals surface area contributed by atoms with Gasteiger partial charge in [-0.15, -0.1) is 0 Å². The van der Waals surface area contributed by atoms with Gasteiger partial charge in [0.05, 0.1) is 41.5 Å². The van der Waals surface area contributed by atoms with Gasteiger partial charge in [-0.1, -0.05) is 75.7 Å². The third kappa shape index (κ3) is 5.30. The van der Waals surface area contributed by atoms with Crippen LogP contribution in [0.1, 0.15) is 21.0 Å². The van der Waals surface area contributed by atoms with Crippen molar-refractivity contribution in [2.24, 2.45) is 0 Å². The lowest BCUT2D eigenvalue weighted by Gasteiger charge is -2.10. The second-order valence-electron chi connectivity index (χ2n) is 5.81. The van der Waals surface area contributed by atoms with E-state index in [1.807, 2.05) is 0 Å². The van der Waals surface area contributed by atoms with Gasteiger partial charge in [0.25, 0.3) is 11.8 Å². The maximum Gasteiger partial charge on any atom is 0.274 e. The molecule has 2 N–H and O–H groups in total. The number of aromatic nitrogens is 1. The largest absolute Gasteiger partial charge is 0.319 e. The molecule has 0 fully saturated rings. The summed E-state index contributed by atoms with van der Waals surface area (Å²) in [5, 5.41) is 6.47. The molecule has 1 heterocycles. The Morgan fingerprint density at radius 2 is 0.967 bits per heavy atom.